The second kappa shape index (κ2) is 23.2. The first kappa shape index (κ1) is 34.3. The van der Waals surface area contributed by atoms with Crippen LogP contribution in [0, 0.1) is 0 Å². The molecule has 0 aromatic rings. The van der Waals surface area contributed by atoms with Crippen LogP contribution >= 0.6 is 0 Å². The van der Waals surface area contributed by atoms with Gasteiger partial charge in [-0.3, -0.25) is 28.9 Å². The van der Waals surface area contributed by atoms with Crippen LogP contribution in [0.15, 0.2) is 12.2 Å². The first-order valence-electron chi connectivity index (χ1n) is 13.0. The fourth-order valence-corrected chi connectivity index (χ4v) is 3.03. The van der Waals surface area contributed by atoms with E-state index in [4.69, 9.17) is 34.2 Å². The maximum absolute atomic E-state index is 11.8. The fraction of sp³-hybridized carbons (Fsp3) is 0.720. The van der Waals surface area contributed by atoms with Gasteiger partial charge < -0.3 is 39.5 Å². The Morgan fingerprint density at radius 3 is 1.54 bits per heavy atom. The van der Waals surface area contributed by atoms with Crippen LogP contribution in [0.25, 0.3) is 0 Å². The molecule has 0 aromatic carbocycles. The zero-order valence-corrected chi connectivity index (χ0v) is 22.4. The summed E-state index contributed by atoms with van der Waals surface area (Å²) in [4.78, 5) is 57.6. The number of ketones is 1. The van der Waals surface area contributed by atoms with Crippen LogP contribution in [0.3, 0.4) is 0 Å². The average molecular weight is 560 g/mol. The number of rotatable bonds is 27. The van der Waals surface area contributed by atoms with Crippen molar-refractivity contribution in [2.24, 2.45) is 5.73 Å². The Morgan fingerprint density at radius 1 is 0.641 bits per heavy atom. The lowest BCUT2D eigenvalue weighted by molar-refractivity contribution is -0.137. The van der Waals surface area contributed by atoms with Crippen LogP contribution in [0.4, 0.5) is 0 Å². The summed E-state index contributed by atoms with van der Waals surface area (Å²) < 4.78 is 32.2. The van der Waals surface area contributed by atoms with E-state index in [1.54, 1.807) is 0 Å². The second-order valence-electron chi connectivity index (χ2n) is 8.22. The molecule has 4 amide bonds. The first-order chi connectivity index (χ1) is 18.9. The maximum Gasteiger partial charge on any atom is 0.253 e. The Balaban J connectivity index is 1.72. The first-order valence-corrected chi connectivity index (χ1v) is 13.0. The van der Waals surface area contributed by atoms with Gasteiger partial charge in [0.05, 0.1) is 79.2 Å². The molecule has 0 bridgehead atoms. The van der Waals surface area contributed by atoms with Crippen molar-refractivity contribution in [1.29, 1.82) is 0 Å². The van der Waals surface area contributed by atoms with E-state index in [9.17, 15) is 24.0 Å². The lowest BCUT2D eigenvalue weighted by atomic mass is 10.1. The van der Waals surface area contributed by atoms with Gasteiger partial charge in [0.2, 0.25) is 11.8 Å². The molecular formula is C25H41N3O11. The predicted molar refractivity (Wildman–Crippen MR) is 136 cm³/mol. The number of nitrogens with two attached hydrogens (primary N) is 1. The lowest BCUT2D eigenvalue weighted by Crippen LogP contribution is -2.33. The average Bonchev–Trinajstić information content (AvgIpc) is 3.23. The van der Waals surface area contributed by atoms with Crippen molar-refractivity contribution in [1.82, 2.24) is 10.2 Å². The Morgan fingerprint density at radius 2 is 1.08 bits per heavy atom. The van der Waals surface area contributed by atoms with Crippen LogP contribution in [-0.4, -0.2) is 127 Å². The van der Waals surface area contributed by atoms with E-state index in [0.717, 1.165) is 4.90 Å². The van der Waals surface area contributed by atoms with Gasteiger partial charge in [-0.15, -0.1) is 0 Å². The Bertz CT molecular complexity index is 758. The smallest absolute Gasteiger partial charge is 0.253 e. The van der Waals surface area contributed by atoms with Crippen molar-refractivity contribution in [3.8, 4) is 0 Å². The molecule has 1 aliphatic heterocycles. The molecule has 0 aromatic heterocycles. The van der Waals surface area contributed by atoms with Gasteiger partial charge in [-0.25, -0.2) is 0 Å². The van der Waals surface area contributed by atoms with Crippen molar-refractivity contribution >= 4 is 29.4 Å². The van der Waals surface area contributed by atoms with E-state index in [2.05, 4.69) is 5.32 Å². The van der Waals surface area contributed by atoms with Crippen LogP contribution in [0.5, 0.6) is 0 Å². The van der Waals surface area contributed by atoms with Gasteiger partial charge in [0.15, 0.2) is 0 Å². The zero-order valence-electron chi connectivity index (χ0n) is 22.4. The molecule has 0 unspecified atom stereocenters. The second-order valence-corrected chi connectivity index (χ2v) is 8.22. The van der Waals surface area contributed by atoms with Crippen molar-refractivity contribution in [3.05, 3.63) is 12.2 Å². The fourth-order valence-electron chi connectivity index (χ4n) is 3.03. The number of hydrogen-bond donors (Lipinski definition) is 2. The highest BCUT2D eigenvalue weighted by Crippen LogP contribution is 2.06. The normalized spacial score (nSPS) is 12.9. The molecule has 222 valence electrons. The molecule has 14 nitrogen and oxygen atoms in total. The number of amides is 4. The molecule has 1 heterocycles. The summed E-state index contributed by atoms with van der Waals surface area (Å²) >= 11 is 0. The molecule has 0 radical (unpaired) electrons. The Kier molecular flexibility index (Phi) is 20.4. The minimum atomic E-state index is -0.593. The van der Waals surface area contributed by atoms with Gasteiger partial charge >= 0.3 is 0 Å². The summed E-state index contributed by atoms with van der Waals surface area (Å²) in [6, 6.07) is 0. The van der Waals surface area contributed by atoms with E-state index in [1.807, 2.05) is 0 Å². The van der Waals surface area contributed by atoms with Crippen molar-refractivity contribution in [3.63, 3.8) is 0 Å². The van der Waals surface area contributed by atoms with Gasteiger partial charge in [0.25, 0.3) is 11.8 Å². The van der Waals surface area contributed by atoms with E-state index >= 15 is 0 Å². The number of hydrogen-bond acceptors (Lipinski definition) is 11. The number of nitrogens with one attached hydrogen (secondary N) is 1. The largest absolute Gasteiger partial charge is 0.379 e. The highest BCUT2D eigenvalue weighted by Gasteiger charge is 2.23. The minimum Gasteiger partial charge on any atom is -0.379 e. The monoisotopic (exact) mass is 559 g/mol. The van der Waals surface area contributed by atoms with Gasteiger partial charge in [-0.1, -0.05) is 0 Å². The summed E-state index contributed by atoms with van der Waals surface area (Å²) in [7, 11) is 0. The van der Waals surface area contributed by atoms with Crippen molar-refractivity contribution in [2.75, 3.05) is 92.4 Å². The molecule has 0 atom stereocenters. The summed E-state index contributed by atoms with van der Waals surface area (Å²) in [5.74, 6) is -1.66. The molecule has 3 N–H and O–H groups in total. The third kappa shape index (κ3) is 19.9. The molecule has 0 saturated carbocycles. The molecule has 39 heavy (non-hydrogen) atoms. The molecule has 0 fully saturated rings. The topological polar surface area (TPSA) is 182 Å². The molecule has 0 aliphatic carbocycles. The van der Waals surface area contributed by atoms with Crippen LogP contribution in [-0.2, 0) is 52.4 Å². The standard InChI is InChI=1S/C25H41N3O11/c26-22(30)20-27-23(31)6-9-35-11-13-37-15-17-39-19-18-38-16-14-36-12-10-34-8-1-2-21(29)5-7-28-24(32)3-4-25(28)33/h3-4H,1-2,5-20H2,(H2,26,30)(H,27,31). The van der Waals surface area contributed by atoms with Gasteiger partial charge in [0, 0.05) is 44.6 Å². The highest BCUT2D eigenvalue weighted by atomic mass is 16.6. The maximum atomic E-state index is 11.8. The van der Waals surface area contributed by atoms with E-state index in [-0.39, 0.29) is 56.0 Å². The molecule has 0 spiro atoms. The number of nitrogens with zero attached hydrogens (tertiary/aromatic N) is 1. The summed E-state index contributed by atoms with van der Waals surface area (Å²) in [6.07, 6.45) is 3.62. The molecule has 0 saturated heterocycles. The summed E-state index contributed by atoms with van der Waals surface area (Å²) in [5.41, 5.74) is 4.93. The molecular weight excluding hydrogens is 518 g/mol. The van der Waals surface area contributed by atoms with E-state index in [1.165, 1.54) is 12.2 Å². The molecule has 1 aliphatic rings. The Hall–Kier alpha value is -2.75. The van der Waals surface area contributed by atoms with E-state index < -0.39 is 5.91 Å². The number of Topliss-reactive ketones (excluding diaryl/α,β-unsaturated/α-hetero) is 1. The van der Waals surface area contributed by atoms with E-state index in [0.29, 0.717) is 85.5 Å². The number of primary amides is 1. The summed E-state index contributed by atoms with van der Waals surface area (Å²) in [6.45, 7) is 4.74. The molecule has 14 heteroatoms. The summed E-state index contributed by atoms with van der Waals surface area (Å²) in [5, 5.41) is 2.37. The van der Waals surface area contributed by atoms with Crippen LogP contribution in [0.2, 0.25) is 0 Å². The number of carbonyl (C=O) groups is 5. The van der Waals surface area contributed by atoms with Gasteiger partial charge in [-0.05, 0) is 6.42 Å². The molecule has 1 rings (SSSR count). The SMILES string of the molecule is NC(=O)CNC(=O)CCOCCOCCOCCOCCOCCOCCCC(=O)CCN1C(=O)C=CC1=O. The lowest BCUT2D eigenvalue weighted by Gasteiger charge is -2.12. The zero-order chi connectivity index (χ0) is 28.6. The predicted octanol–water partition coefficient (Wildman–Crippen LogP) is -1.26. The third-order valence-corrected chi connectivity index (χ3v) is 5.05. The third-order valence-electron chi connectivity index (χ3n) is 5.05. The minimum absolute atomic E-state index is 0.0129. The Labute approximate surface area is 228 Å². The van der Waals surface area contributed by atoms with Crippen molar-refractivity contribution < 1.29 is 52.4 Å². The quantitative estimate of drug-likeness (QED) is 0.0905. The van der Waals surface area contributed by atoms with Crippen LogP contribution in [0.1, 0.15) is 25.7 Å². The van der Waals surface area contributed by atoms with Crippen molar-refractivity contribution in [2.45, 2.75) is 25.7 Å². The van der Waals surface area contributed by atoms with Crippen LogP contribution < -0.4 is 11.1 Å². The van der Waals surface area contributed by atoms with Gasteiger partial charge in [-0.2, -0.15) is 0 Å². The number of ether oxygens (including phenoxy) is 6. The highest BCUT2D eigenvalue weighted by molar-refractivity contribution is 6.13. The van der Waals surface area contributed by atoms with Gasteiger partial charge in [0.1, 0.15) is 5.78 Å². The number of imide groups is 1. The number of carbonyl (C=O) groups excluding carboxylic acids is 5.